The van der Waals surface area contributed by atoms with Gasteiger partial charge in [-0.2, -0.15) is 18.3 Å². The van der Waals surface area contributed by atoms with Crippen LogP contribution < -0.4 is 0 Å². The molecule has 0 unspecified atom stereocenters. The topological polar surface area (TPSA) is 60.7 Å². The Morgan fingerprint density at radius 1 is 1.00 bits per heavy atom. The summed E-state index contributed by atoms with van der Waals surface area (Å²) in [5.41, 5.74) is 1.11. The number of hydrogen-bond donors (Lipinski definition) is 2. The molecule has 3 aromatic rings. The first kappa shape index (κ1) is 15.1. The van der Waals surface area contributed by atoms with E-state index in [2.05, 4.69) is 15.2 Å². The van der Waals surface area contributed by atoms with Gasteiger partial charge in [0.05, 0.1) is 16.8 Å². The number of azo groups is 1. The molecule has 0 fully saturated rings. The molecule has 0 aliphatic carbocycles. The highest BCUT2D eigenvalue weighted by molar-refractivity contribution is 5.94. The van der Waals surface area contributed by atoms with Crippen molar-refractivity contribution in [3.8, 4) is 5.88 Å². The fraction of sp³-hybridized carbons (Fsp3) is 0.125. The highest BCUT2D eigenvalue weighted by Crippen LogP contribution is 2.39. The third kappa shape index (κ3) is 3.03. The van der Waals surface area contributed by atoms with Crippen LogP contribution in [0.3, 0.4) is 0 Å². The van der Waals surface area contributed by atoms with Gasteiger partial charge in [0.2, 0.25) is 5.88 Å². The number of aromatic hydroxyl groups is 1. The van der Waals surface area contributed by atoms with Crippen LogP contribution in [-0.2, 0) is 6.18 Å². The molecule has 1 heterocycles. The smallest absolute Gasteiger partial charge is 0.416 e. The van der Waals surface area contributed by atoms with Crippen molar-refractivity contribution < 1.29 is 18.3 Å². The number of rotatable bonds is 2. The molecule has 1 aromatic heterocycles. The van der Waals surface area contributed by atoms with Crippen molar-refractivity contribution >= 4 is 22.3 Å². The van der Waals surface area contributed by atoms with Gasteiger partial charge in [-0.25, -0.2) is 0 Å². The van der Waals surface area contributed by atoms with Crippen molar-refractivity contribution in [3.63, 3.8) is 0 Å². The van der Waals surface area contributed by atoms with Crippen LogP contribution in [0.4, 0.5) is 24.5 Å². The minimum Gasteiger partial charge on any atom is -0.493 e. The average molecular weight is 319 g/mol. The predicted octanol–water partition coefficient (Wildman–Crippen LogP) is 5.62. The van der Waals surface area contributed by atoms with Crippen molar-refractivity contribution in [1.29, 1.82) is 0 Å². The van der Waals surface area contributed by atoms with E-state index in [9.17, 15) is 18.3 Å². The number of alkyl halides is 3. The van der Waals surface area contributed by atoms with Crippen LogP contribution in [-0.4, -0.2) is 10.1 Å². The van der Waals surface area contributed by atoms with Crippen LogP contribution >= 0.6 is 0 Å². The molecule has 0 saturated carbocycles. The van der Waals surface area contributed by atoms with Crippen LogP contribution in [0.1, 0.15) is 11.1 Å². The number of halogens is 3. The molecule has 0 bridgehead atoms. The summed E-state index contributed by atoms with van der Waals surface area (Å²) in [5, 5.41) is 17.9. The number of aryl methyl sites for hydroxylation is 1. The molecule has 4 nitrogen and oxygen atoms in total. The molecule has 23 heavy (non-hydrogen) atoms. The molecule has 0 amide bonds. The molecule has 118 valence electrons. The number of fused-ring (bicyclic) bond motifs is 1. The molecule has 0 aliphatic heterocycles. The zero-order valence-electron chi connectivity index (χ0n) is 12.0. The Morgan fingerprint density at radius 3 is 2.35 bits per heavy atom. The summed E-state index contributed by atoms with van der Waals surface area (Å²) in [6.07, 6.45) is -4.47. The van der Waals surface area contributed by atoms with Crippen LogP contribution in [0.2, 0.25) is 0 Å². The number of benzene rings is 2. The summed E-state index contributed by atoms with van der Waals surface area (Å²) in [7, 11) is 0. The quantitative estimate of drug-likeness (QED) is 0.592. The molecular formula is C16H12F3N3O. The van der Waals surface area contributed by atoms with Crippen LogP contribution in [0, 0.1) is 6.92 Å². The lowest BCUT2D eigenvalue weighted by atomic mass is 10.1. The molecule has 2 N–H and O–H groups in total. The highest BCUT2D eigenvalue weighted by Gasteiger charge is 2.31. The van der Waals surface area contributed by atoms with Crippen molar-refractivity contribution in [2.45, 2.75) is 13.1 Å². The molecule has 0 radical (unpaired) electrons. The van der Waals surface area contributed by atoms with Gasteiger partial charge in [-0.3, -0.25) is 0 Å². The fourth-order valence-corrected chi connectivity index (χ4v) is 2.16. The number of nitrogens with one attached hydrogen (secondary N) is 1. The van der Waals surface area contributed by atoms with Gasteiger partial charge in [-0.15, -0.1) is 5.11 Å². The summed E-state index contributed by atoms with van der Waals surface area (Å²) in [4.78, 5) is 2.59. The van der Waals surface area contributed by atoms with Crippen molar-refractivity contribution in [2.75, 3.05) is 0 Å². The van der Waals surface area contributed by atoms with Gasteiger partial charge in [0.1, 0.15) is 0 Å². The first-order chi connectivity index (χ1) is 10.8. The van der Waals surface area contributed by atoms with Crippen LogP contribution in [0.15, 0.2) is 52.7 Å². The van der Waals surface area contributed by atoms with Gasteiger partial charge >= 0.3 is 6.18 Å². The maximum Gasteiger partial charge on any atom is 0.416 e. The van der Waals surface area contributed by atoms with Gasteiger partial charge in [0, 0.05) is 5.39 Å². The molecule has 0 atom stereocenters. The fourth-order valence-electron chi connectivity index (χ4n) is 2.16. The van der Waals surface area contributed by atoms with Gasteiger partial charge < -0.3 is 10.1 Å². The maximum absolute atomic E-state index is 12.8. The standard InChI is InChI=1S/C16H12F3N3O/c1-9-2-5-11(6-3-9)21-22-14-12-8-10(16(17,18)19)4-7-13(12)20-15(14)23/h2-8,20,23H,1H3. The largest absolute Gasteiger partial charge is 0.493 e. The second kappa shape index (κ2) is 5.42. The number of aromatic nitrogens is 1. The van der Waals surface area contributed by atoms with Crippen molar-refractivity contribution in [3.05, 3.63) is 53.6 Å². The summed E-state index contributed by atoms with van der Waals surface area (Å²) in [6.45, 7) is 1.92. The average Bonchev–Trinajstić information content (AvgIpc) is 2.80. The van der Waals surface area contributed by atoms with Crippen LogP contribution in [0.25, 0.3) is 10.9 Å². The normalized spacial score (nSPS) is 12.3. The van der Waals surface area contributed by atoms with E-state index >= 15 is 0 Å². The zero-order chi connectivity index (χ0) is 16.6. The first-order valence-electron chi connectivity index (χ1n) is 6.75. The molecule has 2 aromatic carbocycles. The maximum atomic E-state index is 12.8. The van der Waals surface area contributed by atoms with Crippen molar-refractivity contribution in [1.82, 2.24) is 4.98 Å². The summed E-state index contributed by atoms with van der Waals surface area (Å²) >= 11 is 0. The van der Waals surface area contributed by atoms with Gasteiger partial charge in [-0.05, 0) is 37.3 Å². The SMILES string of the molecule is Cc1ccc(N=Nc2c(O)[nH]c3ccc(C(F)(F)F)cc23)cc1. The molecule has 3 rings (SSSR count). The lowest BCUT2D eigenvalue weighted by molar-refractivity contribution is -0.137. The van der Waals surface area contributed by atoms with E-state index in [0.717, 1.165) is 17.7 Å². The molecule has 0 aliphatic rings. The molecule has 0 spiro atoms. The number of nitrogens with zero attached hydrogens (tertiary/aromatic N) is 2. The Labute approximate surface area is 129 Å². The summed E-state index contributed by atoms with van der Waals surface area (Å²) < 4.78 is 38.4. The Balaban J connectivity index is 2.05. The Hall–Kier alpha value is -2.83. The van der Waals surface area contributed by atoms with E-state index in [-0.39, 0.29) is 17.0 Å². The van der Waals surface area contributed by atoms with Gasteiger partial charge in [0.15, 0.2) is 5.69 Å². The number of aromatic amines is 1. The highest BCUT2D eigenvalue weighted by atomic mass is 19.4. The lowest BCUT2D eigenvalue weighted by Crippen LogP contribution is -2.03. The summed E-state index contributed by atoms with van der Waals surface area (Å²) in [6, 6.07) is 10.3. The second-order valence-electron chi connectivity index (χ2n) is 5.12. The zero-order valence-corrected chi connectivity index (χ0v) is 12.0. The van der Waals surface area contributed by atoms with E-state index in [1.54, 1.807) is 12.1 Å². The number of H-pyrrole nitrogens is 1. The van der Waals surface area contributed by atoms with Crippen molar-refractivity contribution in [2.24, 2.45) is 10.2 Å². The minimum atomic E-state index is -4.47. The first-order valence-corrected chi connectivity index (χ1v) is 6.75. The lowest BCUT2D eigenvalue weighted by Gasteiger charge is -2.05. The van der Waals surface area contributed by atoms with E-state index in [0.29, 0.717) is 11.2 Å². The van der Waals surface area contributed by atoms with E-state index in [4.69, 9.17) is 0 Å². The Morgan fingerprint density at radius 2 is 1.70 bits per heavy atom. The van der Waals surface area contributed by atoms with E-state index in [1.165, 1.54) is 6.07 Å². The Kier molecular flexibility index (Phi) is 3.55. The van der Waals surface area contributed by atoms with Crippen LogP contribution in [0.5, 0.6) is 5.88 Å². The molecule has 7 heteroatoms. The third-order valence-electron chi connectivity index (χ3n) is 3.38. The third-order valence-corrected chi connectivity index (χ3v) is 3.38. The van der Waals surface area contributed by atoms with Gasteiger partial charge in [0.25, 0.3) is 0 Å². The predicted molar refractivity (Wildman–Crippen MR) is 80.3 cm³/mol. The summed E-state index contributed by atoms with van der Waals surface area (Å²) in [5.74, 6) is -0.324. The molecule has 0 saturated heterocycles. The van der Waals surface area contributed by atoms with Gasteiger partial charge in [-0.1, -0.05) is 17.7 Å². The molecular weight excluding hydrogens is 307 g/mol. The number of hydrogen-bond acceptors (Lipinski definition) is 3. The van der Waals surface area contributed by atoms with E-state index in [1.807, 2.05) is 19.1 Å². The second-order valence-corrected chi connectivity index (χ2v) is 5.12. The monoisotopic (exact) mass is 319 g/mol. The minimum absolute atomic E-state index is 0.0216. The van der Waals surface area contributed by atoms with E-state index < -0.39 is 11.7 Å². The Bertz CT molecular complexity index is 880.